The molecule has 1 unspecified atom stereocenters. The minimum atomic E-state index is -0.341. The summed E-state index contributed by atoms with van der Waals surface area (Å²) in [4.78, 5) is 38.1. The average molecular weight is 269 g/mol. The first kappa shape index (κ1) is 13.6. The van der Waals surface area contributed by atoms with Gasteiger partial charge in [-0.2, -0.15) is 0 Å². The molecule has 0 radical (unpaired) electrons. The van der Waals surface area contributed by atoms with Crippen LogP contribution < -0.4 is 5.32 Å². The molecule has 0 spiro atoms. The van der Waals surface area contributed by atoms with Crippen LogP contribution in [0.25, 0.3) is 0 Å². The molecule has 0 aromatic carbocycles. The van der Waals surface area contributed by atoms with Crippen LogP contribution in [0, 0.1) is 0 Å². The molecular formula is C12H19N3O4. The molecule has 2 rings (SSSR count). The van der Waals surface area contributed by atoms with E-state index < -0.39 is 0 Å². The van der Waals surface area contributed by atoms with E-state index in [1.165, 1.54) is 0 Å². The number of urea groups is 1. The third-order valence-corrected chi connectivity index (χ3v) is 3.43. The fraction of sp³-hybridized carbons (Fsp3) is 0.750. The molecule has 1 atom stereocenters. The van der Waals surface area contributed by atoms with E-state index in [-0.39, 0.29) is 36.8 Å². The van der Waals surface area contributed by atoms with Crippen LogP contribution in [-0.4, -0.2) is 66.5 Å². The summed E-state index contributed by atoms with van der Waals surface area (Å²) in [6.07, 6.45) is 0.293. The van der Waals surface area contributed by atoms with E-state index in [0.29, 0.717) is 32.8 Å². The monoisotopic (exact) mass is 269 g/mol. The molecule has 0 saturated carbocycles. The van der Waals surface area contributed by atoms with E-state index in [2.05, 4.69) is 5.32 Å². The predicted molar refractivity (Wildman–Crippen MR) is 66.3 cm³/mol. The molecule has 0 aromatic rings. The van der Waals surface area contributed by atoms with Gasteiger partial charge in [-0.25, -0.2) is 4.79 Å². The van der Waals surface area contributed by atoms with E-state index in [9.17, 15) is 14.4 Å². The van der Waals surface area contributed by atoms with Crippen molar-refractivity contribution >= 4 is 17.9 Å². The molecule has 2 aliphatic heterocycles. The zero-order valence-corrected chi connectivity index (χ0v) is 11.1. The summed E-state index contributed by atoms with van der Waals surface area (Å²) in [5.74, 6) is -0.390. The fourth-order valence-corrected chi connectivity index (χ4v) is 2.43. The van der Waals surface area contributed by atoms with Crippen LogP contribution in [0.15, 0.2) is 0 Å². The normalized spacial score (nSPS) is 21.9. The van der Waals surface area contributed by atoms with E-state index in [0.717, 1.165) is 0 Å². The van der Waals surface area contributed by atoms with Gasteiger partial charge in [0.2, 0.25) is 5.91 Å². The Balaban J connectivity index is 1.78. The van der Waals surface area contributed by atoms with E-state index in [1.54, 1.807) is 16.7 Å². The molecule has 7 nitrogen and oxygen atoms in total. The van der Waals surface area contributed by atoms with E-state index in [1.807, 2.05) is 0 Å². The van der Waals surface area contributed by atoms with Gasteiger partial charge in [-0.3, -0.25) is 9.59 Å². The maximum absolute atomic E-state index is 12.0. The lowest BCUT2D eigenvalue weighted by Crippen LogP contribution is -2.53. The molecule has 1 N–H and O–H groups in total. The standard InChI is InChI=1S/C12H19N3O4/c1-2-19-11(17)4-3-10(16)14-5-6-15-9(8-14)7-13-12(15)18/h9H,2-8H2,1H3,(H,13,18). The highest BCUT2D eigenvalue weighted by molar-refractivity contribution is 5.82. The summed E-state index contributed by atoms with van der Waals surface area (Å²) in [5.41, 5.74) is 0. The molecule has 3 amide bonds. The number of carbonyl (C=O) groups excluding carboxylic acids is 3. The number of carbonyl (C=O) groups is 3. The van der Waals surface area contributed by atoms with Gasteiger partial charge in [0.15, 0.2) is 0 Å². The summed E-state index contributed by atoms with van der Waals surface area (Å²) in [5, 5.41) is 2.76. The average Bonchev–Trinajstić information content (AvgIpc) is 2.77. The lowest BCUT2D eigenvalue weighted by atomic mass is 10.1. The zero-order valence-electron chi connectivity index (χ0n) is 11.1. The number of rotatable bonds is 4. The second-order valence-corrected chi connectivity index (χ2v) is 4.68. The highest BCUT2D eigenvalue weighted by Crippen LogP contribution is 2.15. The van der Waals surface area contributed by atoms with Crippen LogP contribution in [0.2, 0.25) is 0 Å². The van der Waals surface area contributed by atoms with Gasteiger partial charge >= 0.3 is 12.0 Å². The van der Waals surface area contributed by atoms with Crippen molar-refractivity contribution in [2.24, 2.45) is 0 Å². The molecule has 106 valence electrons. The third-order valence-electron chi connectivity index (χ3n) is 3.43. The smallest absolute Gasteiger partial charge is 0.317 e. The van der Waals surface area contributed by atoms with Crippen molar-refractivity contribution < 1.29 is 19.1 Å². The molecule has 2 heterocycles. The Morgan fingerprint density at radius 2 is 2.16 bits per heavy atom. The Morgan fingerprint density at radius 3 is 2.89 bits per heavy atom. The molecule has 2 aliphatic rings. The fourth-order valence-electron chi connectivity index (χ4n) is 2.43. The van der Waals surface area contributed by atoms with Crippen molar-refractivity contribution in [1.29, 1.82) is 0 Å². The summed E-state index contributed by atoms with van der Waals surface area (Å²) in [6.45, 7) is 4.29. The second kappa shape index (κ2) is 5.90. The Morgan fingerprint density at radius 1 is 1.37 bits per heavy atom. The minimum Gasteiger partial charge on any atom is -0.466 e. The van der Waals surface area contributed by atoms with Gasteiger partial charge in [0, 0.05) is 32.6 Å². The number of ether oxygens (including phenoxy) is 1. The predicted octanol–water partition coefficient (Wildman–Crippen LogP) is -0.434. The van der Waals surface area contributed by atoms with Crippen LogP contribution in [0.4, 0.5) is 4.79 Å². The van der Waals surface area contributed by atoms with Gasteiger partial charge in [0.05, 0.1) is 19.1 Å². The number of fused-ring (bicyclic) bond motifs is 1. The zero-order chi connectivity index (χ0) is 13.8. The number of nitrogens with one attached hydrogen (secondary N) is 1. The quantitative estimate of drug-likeness (QED) is 0.702. The van der Waals surface area contributed by atoms with E-state index in [4.69, 9.17) is 4.74 Å². The minimum absolute atomic E-state index is 0.0490. The molecule has 2 fully saturated rings. The lowest BCUT2D eigenvalue weighted by molar-refractivity contribution is -0.146. The topological polar surface area (TPSA) is 79.0 Å². The molecular weight excluding hydrogens is 250 g/mol. The molecule has 19 heavy (non-hydrogen) atoms. The van der Waals surface area contributed by atoms with Gasteiger partial charge < -0.3 is 19.9 Å². The van der Waals surface area contributed by atoms with Crippen molar-refractivity contribution in [1.82, 2.24) is 15.1 Å². The molecule has 7 heteroatoms. The van der Waals surface area contributed by atoms with Gasteiger partial charge in [-0.1, -0.05) is 0 Å². The molecule has 0 aromatic heterocycles. The highest BCUT2D eigenvalue weighted by Gasteiger charge is 2.36. The largest absolute Gasteiger partial charge is 0.466 e. The van der Waals surface area contributed by atoms with Crippen LogP contribution >= 0.6 is 0 Å². The van der Waals surface area contributed by atoms with Crippen molar-refractivity contribution in [3.63, 3.8) is 0 Å². The van der Waals surface area contributed by atoms with Crippen molar-refractivity contribution in [3.05, 3.63) is 0 Å². The summed E-state index contributed by atoms with van der Waals surface area (Å²) in [6, 6.07) is 0.0106. The van der Waals surface area contributed by atoms with Gasteiger partial charge in [-0.05, 0) is 6.92 Å². The number of piperazine rings is 1. The van der Waals surface area contributed by atoms with E-state index >= 15 is 0 Å². The molecule has 0 bridgehead atoms. The summed E-state index contributed by atoms with van der Waals surface area (Å²) in [7, 11) is 0. The first-order chi connectivity index (χ1) is 9.11. The van der Waals surface area contributed by atoms with Crippen LogP contribution in [0.1, 0.15) is 19.8 Å². The SMILES string of the molecule is CCOC(=O)CCC(=O)N1CCN2C(=O)NCC2C1. The summed E-state index contributed by atoms with van der Waals surface area (Å²) < 4.78 is 4.79. The van der Waals surface area contributed by atoms with Gasteiger partial charge in [0.1, 0.15) is 0 Å². The molecule has 0 aliphatic carbocycles. The maximum Gasteiger partial charge on any atom is 0.317 e. The van der Waals surface area contributed by atoms with Crippen molar-refractivity contribution in [2.75, 3.05) is 32.8 Å². The Kier molecular flexibility index (Phi) is 4.24. The Hall–Kier alpha value is -1.79. The highest BCUT2D eigenvalue weighted by atomic mass is 16.5. The van der Waals surface area contributed by atoms with Crippen LogP contribution in [-0.2, 0) is 14.3 Å². The third kappa shape index (κ3) is 3.15. The van der Waals surface area contributed by atoms with Crippen LogP contribution in [0.5, 0.6) is 0 Å². The van der Waals surface area contributed by atoms with Crippen LogP contribution in [0.3, 0.4) is 0 Å². The lowest BCUT2D eigenvalue weighted by Gasteiger charge is -2.36. The van der Waals surface area contributed by atoms with Gasteiger partial charge in [0.25, 0.3) is 0 Å². The molecule has 2 saturated heterocycles. The number of esters is 1. The summed E-state index contributed by atoms with van der Waals surface area (Å²) >= 11 is 0. The van der Waals surface area contributed by atoms with Crippen molar-refractivity contribution in [2.45, 2.75) is 25.8 Å². The first-order valence-corrected chi connectivity index (χ1v) is 6.59. The number of nitrogens with zero attached hydrogens (tertiary/aromatic N) is 2. The Bertz CT molecular complexity index is 385. The van der Waals surface area contributed by atoms with Gasteiger partial charge in [-0.15, -0.1) is 0 Å². The number of hydrogen-bond donors (Lipinski definition) is 1. The second-order valence-electron chi connectivity index (χ2n) is 4.68. The Labute approximate surface area is 111 Å². The van der Waals surface area contributed by atoms with Crippen molar-refractivity contribution in [3.8, 4) is 0 Å². The number of amides is 3. The maximum atomic E-state index is 12.0. The number of hydrogen-bond acceptors (Lipinski definition) is 4. The first-order valence-electron chi connectivity index (χ1n) is 6.59.